The quantitative estimate of drug-likeness (QED) is 0.476. The molecule has 3 unspecified atom stereocenters. The second-order valence-electron chi connectivity index (χ2n) is 9.67. The highest BCUT2D eigenvalue weighted by Crippen LogP contribution is 2.72. The molecule has 0 saturated heterocycles. The van der Waals surface area contributed by atoms with Crippen molar-refractivity contribution >= 4 is 0 Å². The molecular formula is C20H32. The van der Waals surface area contributed by atoms with Gasteiger partial charge in [-0.1, -0.05) is 39.3 Å². The normalized spacial score (nSPS) is 53.4. The van der Waals surface area contributed by atoms with Crippen molar-refractivity contribution in [3.63, 3.8) is 0 Å². The summed E-state index contributed by atoms with van der Waals surface area (Å²) in [5.74, 6) is 2.87. The van der Waals surface area contributed by atoms with Crippen LogP contribution in [0.5, 0.6) is 0 Å². The Morgan fingerprint density at radius 3 is 2.55 bits per heavy atom. The fourth-order valence-corrected chi connectivity index (χ4v) is 7.68. The first kappa shape index (κ1) is 13.4. The fourth-order valence-electron chi connectivity index (χ4n) is 7.68. The Morgan fingerprint density at radius 1 is 0.950 bits per heavy atom. The van der Waals surface area contributed by atoms with Crippen molar-refractivity contribution in [3.8, 4) is 0 Å². The molecule has 0 heterocycles. The highest BCUT2D eigenvalue weighted by atomic mass is 14.7. The predicted molar refractivity (Wildman–Crippen MR) is 85.5 cm³/mol. The van der Waals surface area contributed by atoms with Crippen LogP contribution < -0.4 is 0 Å². The number of hydrogen-bond acceptors (Lipinski definition) is 0. The van der Waals surface area contributed by atoms with Crippen LogP contribution in [0.15, 0.2) is 12.2 Å². The van der Waals surface area contributed by atoms with Crippen LogP contribution in [0.3, 0.4) is 0 Å². The van der Waals surface area contributed by atoms with Crippen LogP contribution in [0.4, 0.5) is 0 Å². The minimum Gasteiger partial charge on any atom is -0.0996 e. The molecule has 0 heteroatoms. The maximum absolute atomic E-state index is 4.44. The zero-order valence-electron chi connectivity index (χ0n) is 13.8. The Balaban J connectivity index is 1.74. The number of fused-ring (bicyclic) bond motifs is 3. The van der Waals surface area contributed by atoms with Crippen molar-refractivity contribution in [1.82, 2.24) is 0 Å². The van der Waals surface area contributed by atoms with E-state index in [9.17, 15) is 0 Å². The summed E-state index contributed by atoms with van der Waals surface area (Å²) in [6, 6.07) is 0. The van der Waals surface area contributed by atoms with Gasteiger partial charge in [-0.15, -0.1) is 0 Å². The highest BCUT2D eigenvalue weighted by Gasteiger charge is 2.62. The third-order valence-electron chi connectivity index (χ3n) is 8.36. The van der Waals surface area contributed by atoms with Crippen LogP contribution in [-0.4, -0.2) is 0 Å². The molecule has 4 aliphatic carbocycles. The van der Waals surface area contributed by atoms with Crippen LogP contribution in [-0.2, 0) is 0 Å². The minimum absolute atomic E-state index is 0.584. The molecule has 20 heavy (non-hydrogen) atoms. The summed E-state index contributed by atoms with van der Waals surface area (Å²) in [5.41, 5.74) is 3.51. The molecule has 0 radical (unpaired) electrons. The van der Waals surface area contributed by atoms with E-state index in [0.29, 0.717) is 16.2 Å². The van der Waals surface area contributed by atoms with Gasteiger partial charge in [0.15, 0.2) is 0 Å². The van der Waals surface area contributed by atoms with Gasteiger partial charge in [-0.3, -0.25) is 0 Å². The van der Waals surface area contributed by atoms with Crippen molar-refractivity contribution in [1.29, 1.82) is 0 Å². The second-order valence-corrected chi connectivity index (χ2v) is 9.67. The van der Waals surface area contributed by atoms with Gasteiger partial charge in [0.25, 0.3) is 0 Å². The van der Waals surface area contributed by atoms with E-state index in [2.05, 4.69) is 27.4 Å². The summed E-state index contributed by atoms with van der Waals surface area (Å²) >= 11 is 0. The smallest absolute Gasteiger partial charge is 0.0200 e. The topological polar surface area (TPSA) is 0 Å². The SMILES string of the molecule is C=C1CC23CCC4C(C)(C)CCCC4(C)[C@H]2CC[C@@H]1C3. The zero-order chi connectivity index (χ0) is 14.2. The van der Waals surface area contributed by atoms with E-state index in [4.69, 9.17) is 0 Å². The summed E-state index contributed by atoms with van der Waals surface area (Å²) < 4.78 is 0. The molecule has 0 aromatic heterocycles. The van der Waals surface area contributed by atoms with Gasteiger partial charge in [0.2, 0.25) is 0 Å². The van der Waals surface area contributed by atoms with Crippen molar-refractivity contribution in [2.24, 2.45) is 34.0 Å². The van der Waals surface area contributed by atoms with Gasteiger partial charge in [-0.2, -0.15) is 0 Å². The largest absolute Gasteiger partial charge is 0.0996 e. The van der Waals surface area contributed by atoms with Crippen LogP contribution >= 0.6 is 0 Å². The molecule has 0 N–H and O–H groups in total. The summed E-state index contributed by atoms with van der Waals surface area (Å²) in [4.78, 5) is 0. The molecule has 0 aromatic rings. The molecule has 4 aliphatic rings. The van der Waals surface area contributed by atoms with Gasteiger partial charge in [-0.25, -0.2) is 0 Å². The van der Waals surface area contributed by atoms with Crippen molar-refractivity contribution in [2.75, 3.05) is 0 Å². The lowest BCUT2D eigenvalue weighted by molar-refractivity contribution is -0.144. The maximum atomic E-state index is 4.44. The van der Waals surface area contributed by atoms with E-state index in [-0.39, 0.29) is 0 Å². The van der Waals surface area contributed by atoms with Gasteiger partial charge in [-0.05, 0) is 85.4 Å². The first-order valence-electron chi connectivity index (χ1n) is 9.05. The number of allylic oxidation sites excluding steroid dienone is 1. The van der Waals surface area contributed by atoms with E-state index < -0.39 is 0 Å². The van der Waals surface area contributed by atoms with E-state index in [0.717, 1.165) is 17.8 Å². The highest BCUT2D eigenvalue weighted by molar-refractivity contribution is 5.22. The lowest BCUT2D eigenvalue weighted by atomic mass is 9.41. The fraction of sp³-hybridized carbons (Fsp3) is 0.900. The molecule has 5 atom stereocenters. The molecule has 4 fully saturated rings. The maximum Gasteiger partial charge on any atom is -0.0200 e. The number of hydrogen-bond donors (Lipinski definition) is 0. The van der Waals surface area contributed by atoms with Gasteiger partial charge >= 0.3 is 0 Å². The molecule has 0 aromatic carbocycles. The van der Waals surface area contributed by atoms with Gasteiger partial charge in [0.1, 0.15) is 0 Å². The number of rotatable bonds is 0. The zero-order valence-corrected chi connectivity index (χ0v) is 13.8. The molecule has 2 bridgehead atoms. The molecule has 0 aliphatic heterocycles. The Kier molecular flexibility index (Phi) is 2.63. The van der Waals surface area contributed by atoms with Gasteiger partial charge in [0, 0.05) is 0 Å². The Morgan fingerprint density at radius 2 is 1.75 bits per heavy atom. The molecule has 1 spiro atoms. The third kappa shape index (κ3) is 1.54. The molecule has 4 rings (SSSR count). The van der Waals surface area contributed by atoms with Gasteiger partial charge < -0.3 is 0 Å². The van der Waals surface area contributed by atoms with Crippen LogP contribution in [0.25, 0.3) is 0 Å². The van der Waals surface area contributed by atoms with E-state index in [1.54, 1.807) is 5.57 Å². The Bertz CT molecular complexity index is 445. The average molecular weight is 272 g/mol. The minimum atomic E-state index is 0.584. The molecule has 112 valence electrons. The molecule has 4 saturated carbocycles. The van der Waals surface area contributed by atoms with Crippen LogP contribution in [0.1, 0.15) is 78.6 Å². The third-order valence-corrected chi connectivity index (χ3v) is 8.36. The molecule has 0 nitrogen and oxygen atoms in total. The van der Waals surface area contributed by atoms with E-state index >= 15 is 0 Å². The predicted octanol–water partition coefficient (Wildman–Crippen LogP) is 5.98. The average Bonchev–Trinajstić information content (AvgIpc) is 2.58. The standard InChI is InChI=1S/C20H32/c1-14-12-20-11-8-16-18(2,3)9-5-10-19(16,4)17(20)7-6-15(14)13-20/h15-17H,1,5-13H2,2-4H3/t15-,16?,17-,19?,20?/m1/s1. The summed E-state index contributed by atoms with van der Waals surface area (Å²) in [5, 5.41) is 0. The molecule has 0 amide bonds. The van der Waals surface area contributed by atoms with Crippen molar-refractivity contribution < 1.29 is 0 Å². The van der Waals surface area contributed by atoms with Crippen molar-refractivity contribution in [3.05, 3.63) is 12.2 Å². The van der Waals surface area contributed by atoms with Gasteiger partial charge in [0.05, 0.1) is 0 Å². The first-order valence-corrected chi connectivity index (χ1v) is 9.05. The van der Waals surface area contributed by atoms with E-state index in [1.807, 2.05) is 0 Å². The lowest BCUT2D eigenvalue weighted by Gasteiger charge is -2.64. The first-order chi connectivity index (χ1) is 9.37. The van der Waals surface area contributed by atoms with E-state index in [1.165, 1.54) is 57.8 Å². The summed E-state index contributed by atoms with van der Waals surface area (Å²) in [6.45, 7) is 12.2. The Labute approximate surface area is 125 Å². The van der Waals surface area contributed by atoms with Crippen LogP contribution in [0, 0.1) is 34.0 Å². The summed E-state index contributed by atoms with van der Waals surface area (Å²) in [7, 11) is 0. The summed E-state index contributed by atoms with van der Waals surface area (Å²) in [6.07, 6.45) is 13.3. The lowest BCUT2D eigenvalue weighted by Crippen LogP contribution is -2.55. The van der Waals surface area contributed by atoms with Crippen molar-refractivity contribution in [2.45, 2.75) is 78.6 Å². The molecular weight excluding hydrogens is 240 g/mol. The second kappa shape index (κ2) is 3.93. The monoisotopic (exact) mass is 272 g/mol. The van der Waals surface area contributed by atoms with Crippen LogP contribution in [0.2, 0.25) is 0 Å². The Hall–Kier alpha value is -0.260.